The van der Waals surface area contributed by atoms with E-state index < -0.39 is 0 Å². The summed E-state index contributed by atoms with van der Waals surface area (Å²) in [5, 5.41) is 0. The zero-order valence-electron chi connectivity index (χ0n) is 10.0. The monoisotopic (exact) mass is 222 g/mol. The summed E-state index contributed by atoms with van der Waals surface area (Å²) in [4.78, 5) is 11.5. The SMILES string of the molecule is CCOC(=O)C1CC1C1=CC=C(OC)C1C. The Morgan fingerprint density at radius 2 is 2.25 bits per heavy atom. The van der Waals surface area contributed by atoms with Crippen LogP contribution >= 0.6 is 0 Å². The molecular formula is C13H18O3. The summed E-state index contributed by atoms with van der Waals surface area (Å²) in [6, 6.07) is 0. The number of methoxy groups -OCH3 is 1. The Balaban J connectivity index is 1.92. The summed E-state index contributed by atoms with van der Waals surface area (Å²) in [7, 11) is 1.69. The lowest BCUT2D eigenvalue weighted by Crippen LogP contribution is -2.10. The van der Waals surface area contributed by atoms with Crippen LogP contribution in [-0.4, -0.2) is 19.7 Å². The average Bonchev–Trinajstić information content (AvgIpc) is 2.97. The van der Waals surface area contributed by atoms with Gasteiger partial charge in [-0.25, -0.2) is 0 Å². The Kier molecular flexibility index (Phi) is 3.03. The number of esters is 1. The normalized spacial score (nSPS) is 31.8. The van der Waals surface area contributed by atoms with Crippen LogP contribution in [0.3, 0.4) is 0 Å². The first kappa shape index (κ1) is 11.2. The highest BCUT2D eigenvalue weighted by molar-refractivity contribution is 5.76. The largest absolute Gasteiger partial charge is 0.500 e. The van der Waals surface area contributed by atoms with Gasteiger partial charge in [-0.2, -0.15) is 0 Å². The van der Waals surface area contributed by atoms with Gasteiger partial charge in [-0.15, -0.1) is 0 Å². The Hall–Kier alpha value is -1.25. The Morgan fingerprint density at radius 1 is 1.50 bits per heavy atom. The molecule has 88 valence electrons. The smallest absolute Gasteiger partial charge is 0.309 e. The molecule has 0 aromatic carbocycles. The molecular weight excluding hydrogens is 204 g/mol. The van der Waals surface area contributed by atoms with Crippen LogP contribution in [0, 0.1) is 17.8 Å². The highest BCUT2D eigenvalue weighted by Crippen LogP contribution is 2.50. The van der Waals surface area contributed by atoms with Crippen LogP contribution in [-0.2, 0) is 14.3 Å². The Labute approximate surface area is 96.1 Å². The molecule has 0 bridgehead atoms. The number of allylic oxidation sites excluding steroid dienone is 3. The van der Waals surface area contributed by atoms with E-state index in [0.717, 1.165) is 12.2 Å². The van der Waals surface area contributed by atoms with E-state index in [1.807, 2.05) is 13.0 Å². The van der Waals surface area contributed by atoms with Crippen molar-refractivity contribution in [2.45, 2.75) is 20.3 Å². The molecule has 16 heavy (non-hydrogen) atoms. The van der Waals surface area contributed by atoms with Gasteiger partial charge in [0.2, 0.25) is 0 Å². The molecule has 2 rings (SSSR count). The number of rotatable bonds is 4. The molecule has 2 aliphatic rings. The van der Waals surface area contributed by atoms with Gasteiger partial charge in [0, 0.05) is 5.92 Å². The first-order valence-corrected chi connectivity index (χ1v) is 5.81. The minimum atomic E-state index is -0.0496. The van der Waals surface area contributed by atoms with Crippen LogP contribution in [0.5, 0.6) is 0 Å². The third-order valence-electron chi connectivity index (χ3n) is 3.41. The van der Waals surface area contributed by atoms with Crippen molar-refractivity contribution in [3.05, 3.63) is 23.5 Å². The summed E-state index contributed by atoms with van der Waals surface area (Å²) in [6.45, 7) is 4.43. The highest BCUT2D eigenvalue weighted by atomic mass is 16.5. The minimum Gasteiger partial charge on any atom is -0.500 e. The molecule has 3 nitrogen and oxygen atoms in total. The van der Waals surface area contributed by atoms with Crippen LogP contribution in [0.15, 0.2) is 23.5 Å². The second-order valence-electron chi connectivity index (χ2n) is 4.36. The van der Waals surface area contributed by atoms with Crippen LogP contribution in [0.1, 0.15) is 20.3 Å². The molecule has 3 heteroatoms. The molecule has 0 heterocycles. The molecule has 1 fully saturated rings. The molecule has 0 radical (unpaired) electrons. The molecule has 0 spiro atoms. The van der Waals surface area contributed by atoms with Crippen molar-refractivity contribution in [3.63, 3.8) is 0 Å². The molecule has 2 aliphatic carbocycles. The van der Waals surface area contributed by atoms with Gasteiger partial charge in [-0.3, -0.25) is 4.79 Å². The number of ether oxygens (including phenoxy) is 2. The molecule has 0 aromatic heterocycles. The lowest BCUT2D eigenvalue weighted by Gasteiger charge is -2.13. The van der Waals surface area contributed by atoms with Crippen molar-refractivity contribution in [3.8, 4) is 0 Å². The quantitative estimate of drug-likeness (QED) is 0.685. The highest BCUT2D eigenvalue weighted by Gasteiger charge is 2.48. The van der Waals surface area contributed by atoms with E-state index in [0.29, 0.717) is 18.4 Å². The van der Waals surface area contributed by atoms with E-state index in [-0.39, 0.29) is 11.9 Å². The van der Waals surface area contributed by atoms with Gasteiger partial charge in [0.25, 0.3) is 0 Å². The van der Waals surface area contributed by atoms with Gasteiger partial charge < -0.3 is 9.47 Å². The van der Waals surface area contributed by atoms with E-state index in [1.54, 1.807) is 7.11 Å². The fraction of sp³-hybridized carbons (Fsp3) is 0.615. The molecule has 0 aliphatic heterocycles. The third kappa shape index (κ3) is 1.86. The standard InChI is InChI=1S/C13H18O3/c1-4-16-13(14)11-7-10(11)9-5-6-12(15-3)8(9)2/h5-6,8,10-11H,4,7H2,1-3H3. The summed E-state index contributed by atoms with van der Waals surface area (Å²) >= 11 is 0. The van der Waals surface area contributed by atoms with Gasteiger partial charge in [-0.05, 0) is 25.3 Å². The van der Waals surface area contributed by atoms with E-state index in [1.165, 1.54) is 5.57 Å². The predicted octanol–water partition coefficient (Wildman–Crippen LogP) is 2.29. The first-order valence-electron chi connectivity index (χ1n) is 5.81. The zero-order valence-corrected chi connectivity index (χ0v) is 10.0. The molecule has 0 saturated heterocycles. The van der Waals surface area contributed by atoms with Crippen molar-refractivity contribution in [1.82, 2.24) is 0 Å². The van der Waals surface area contributed by atoms with Gasteiger partial charge in [0.15, 0.2) is 0 Å². The summed E-state index contributed by atoms with van der Waals surface area (Å²) in [5.41, 5.74) is 1.31. The van der Waals surface area contributed by atoms with Gasteiger partial charge >= 0.3 is 5.97 Å². The topological polar surface area (TPSA) is 35.5 Å². The van der Waals surface area contributed by atoms with Crippen molar-refractivity contribution >= 4 is 5.97 Å². The lowest BCUT2D eigenvalue weighted by atomic mass is 9.98. The fourth-order valence-electron chi connectivity index (χ4n) is 2.39. The van der Waals surface area contributed by atoms with Crippen LogP contribution in [0.2, 0.25) is 0 Å². The Morgan fingerprint density at radius 3 is 2.81 bits per heavy atom. The summed E-state index contributed by atoms with van der Waals surface area (Å²) in [5.74, 6) is 1.71. The minimum absolute atomic E-state index is 0.0496. The summed E-state index contributed by atoms with van der Waals surface area (Å²) < 4.78 is 10.3. The molecule has 1 saturated carbocycles. The number of hydrogen-bond acceptors (Lipinski definition) is 3. The number of hydrogen-bond donors (Lipinski definition) is 0. The molecule has 0 aromatic rings. The van der Waals surface area contributed by atoms with Crippen molar-refractivity contribution in [2.24, 2.45) is 17.8 Å². The van der Waals surface area contributed by atoms with E-state index in [2.05, 4.69) is 13.0 Å². The fourth-order valence-corrected chi connectivity index (χ4v) is 2.39. The second kappa shape index (κ2) is 4.32. The van der Waals surface area contributed by atoms with E-state index in [9.17, 15) is 4.79 Å². The van der Waals surface area contributed by atoms with Crippen LogP contribution in [0.4, 0.5) is 0 Å². The average molecular weight is 222 g/mol. The molecule has 0 amide bonds. The maximum Gasteiger partial charge on any atom is 0.309 e. The van der Waals surface area contributed by atoms with E-state index in [4.69, 9.17) is 9.47 Å². The van der Waals surface area contributed by atoms with Gasteiger partial charge in [0.1, 0.15) is 5.76 Å². The van der Waals surface area contributed by atoms with Gasteiger partial charge in [0.05, 0.1) is 19.6 Å². The van der Waals surface area contributed by atoms with Crippen molar-refractivity contribution < 1.29 is 14.3 Å². The lowest BCUT2D eigenvalue weighted by molar-refractivity contribution is -0.144. The second-order valence-corrected chi connectivity index (χ2v) is 4.36. The van der Waals surface area contributed by atoms with Crippen LogP contribution < -0.4 is 0 Å². The number of carbonyl (C=O) groups is 1. The Bertz CT molecular complexity index is 354. The van der Waals surface area contributed by atoms with E-state index >= 15 is 0 Å². The third-order valence-corrected chi connectivity index (χ3v) is 3.41. The maximum absolute atomic E-state index is 11.5. The number of carbonyl (C=O) groups excluding carboxylic acids is 1. The van der Waals surface area contributed by atoms with Crippen molar-refractivity contribution in [2.75, 3.05) is 13.7 Å². The van der Waals surface area contributed by atoms with Crippen molar-refractivity contribution in [1.29, 1.82) is 0 Å². The predicted molar refractivity (Wildman–Crippen MR) is 60.6 cm³/mol. The maximum atomic E-state index is 11.5. The van der Waals surface area contributed by atoms with Gasteiger partial charge in [-0.1, -0.05) is 18.6 Å². The first-order chi connectivity index (χ1) is 7.69. The van der Waals surface area contributed by atoms with Crippen LogP contribution in [0.25, 0.3) is 0 Å². The molecule has 0 N–H and O–H groups in total. The zero-order chi connectivity index (χ0) is 11.7. The molecule has 3 atom stereocenters. The molecule has 3 unspecified atom stereocenters. The summed E-state index contributed by atoms with van der Waals surface area (Å²) in [6.07, 6.45) is 5.02.